The molecule has 0 aliphatic carbocycles. The molecule has 18 heavy (non-hydrogen) atoms. The third-order valence-corrected chi connectivity index (χ3v) is 2.30. The fourth-order valence-electron chi connectivity index (χ4n) is 1.48. The smallest absolute Gasteiger partial charge is 0.345 e. The van der Waals surface area contributed by atoms with E-state index in [-0.39, 0.29) is 5.58 Å². The number of carboxylic acid groups (broad SMARTS) is 1. The fraction of sp³-hybridized carbons (Fsp3) is 0.0769. The summed E-state index contributed by atoms with van der Waals surface area (Å²) in [5.41, 5.74) is -1.18. The van der Waals surface area contributed by atoms with Crippen LogP contribution in [0.2, 0.25) is 0 Å². The molecule has 0 saturated carbocycles. The maximum absolute atomic E-state index is 11.4. The summed E-state index contributed by atoms with van der Waals surface area (Å²) in [5.74, 6) is -1.05. The number of hydrogen-bond donors (Lipinski definition) is 0. The standard InChI is InChI=1S/C13H10O5/c1-2-5-17-9-4-3-8-6-10(12(14)15)13(16)18-11(8)7-9/h2-4,6-7H,1,5H2,(H,14,15)/p-1. The number of aromatic carboxylic acids is 1. The third-order valence-electron chi connectivity index (χ3n) is 2.30. The summed E-state index contributed by atoms with van der Waals surface area (Å²) in [6.45, 7) is 3.84. The number of fused-ring (bicyclic) bond motifs is 1. The summed E-state index contributed by atoms with van der Waals surface area (Å²) >= 11 is 0. The van der Waals surface area contributed by atoms with Gasteiger partial charge in [-0.25, -0.2) is 4.79 Å². The topological polar surface area (TPSA) is 79.6 Å². The molecular weight excluding hydrogens is 236 g/mol. The van der Waals surface area contributed by atoms with Crippen LogP contribution in [-0.4, -0.2) is 12.6 Å². The van der Waals surface area contributed by atoms with E-state index in [0.29, 0.717) is 17.7 Å². The summed E-state index contributed by atoms with van der Waals surface area (Å²) in [5, 5.41) is 11.2. The maximum Gasteiger partial charge on any atom is 0.345 e. The molecule has 0 bridgehead atoms. The van der Waals surface area contributed by atoms with Crippen LogP contribution in [0.25, 0.3) is 11.0 Å². The normalized spacial score (nSPS) is 10.2. The highest BCUT2D eigenvalue weighted by molar-refractivity contribution is 5.90. The Bertz CT molecular complexity index is 669. The number of hydrogen-bond acceptors (Lipinski definition) is 5. The van der Waals surface area contributed by atoms with E-state index in [2.05, 4.69) is 6.58 Å². The van der Waals surface area contributed by atoms with Crippen molar-refractivity contribution in [3.63, 3.8) is 0 Å². The van der Waals surface area contributed by atoms with E-state index in [0.717, 1.165) is 0 Å². The van der Waals surface area contributed by atoms with E-state index in [9.17, 15) is 14.7 Å². The molecule has 2 rings (SSSR count). The number of carbonyl (C=O) groups excluding carboxylic acids is 1. The highest BCUT2D eigenvalue weighted by Crippen LogP contribution is 2.20. The van der Waals surface area contributed by atoms with Gasteiger partial charge >= 0.3 is 5.63 Å². The minimum atomic E-state index is -1.56. The van der Waals surface area contributed by atoms with Crippen LogP contribution in [0.3, 0.4) is 0 Å². The SMILES string of the molecule is C=CCOc1ccc2cc(C(=O)[O-])c(=O)oc2c1. The second kappa shape index (κ2) is 4.75. The molecule has 0 atom stereocenters. The van der Waals surface area contributed by atoms with Crippen molar-refractivity contribution in [3.05, 3.63) is 52.9 Å². The predicted octanol–water partition coefficient (Wildman–Crippen LogP) is 0.721. The zero-order chi connectivity index (χ0) is 13.1. The van der Waals surface area contributed by atoms with E-state index in [4.69, 9.17) is 9.15 Å². The average Bonchev–Trinajstić information content (AvgIpc) is 2.34. The van der Waals surface area contributed by atoms with Gasteiger partial charge in [0.25, 0.3) is 0 Å². The Balaban J connectivity index is 2.52. The summed E-state index contributed by atoms with van der Waals surface area (Å²) in [7, 11) is 0. The first-order valence-corrected chi connectivity index (χ1v) is 5.15. The molecule has 0 N–H and O–H groups in total. The molecule has 5 nitrogen and oxygen atoms in total. The Hall–Kier alpha value is -2.56. The lowest BCUT2D eigenvalue weighted by Gasteiger charge is -2.05. The molecule has 0 amide bonds. The van der Waals surface area contributed by atoms with Gasteiger partial charge in [-0.1, -0.05) is 12.7 Å². The van der Waals surface area contributed by atoms with Gasteiger partial charge in [-0.05, 0) is 18.2 Å². The molecule has 0 fully saturated rings. The first-order valence-electron chi connectivity index (χ1n) is 5.15. The second-order valence-electron chi connectivity index (χ2n) is 3.53. The molecule has 0 aliphatic rings. The van der Waals surface area contributed by atoms with E-state index < -0.39 is 17.2 Å². The van der Waals surface area contributed by atoms with Gasteiger partial charge < -0.3 is 19.1 Å². The number of rotatable bonds is 4. The molecule has 2 aromatic rings. The van der Waals surface area contributed by atoms with Crippen molar-refractivity contribution in [1.82, 2.24) is 0 Å². The van der Waals surface area contributed by atoms with Crippen LogP contribution in [0, 0.1) is 0 Å². The van der Waals surface area contributed by atoms with E-state index >= 15 is 0 Å². The molecule has 0 spiro atoms. The molecular formula is C13H9O5-. The van der Waals surface area contributed by atoms with Crippen LogP contribution in [-0.2, 0) is 0 Å². The zero-order valence-corrected chi connectivity index (χ0v) is 9.34. The first kappa shape index (κ1) is 11.9. The molecule has 1 heterocycles. The van der Waals surface area contributed by atoms with Crippen LogP contribution in [0.4, 0.5) is 0 Å². The van der Waals surface area contributed by atoms with Crippen molar-refractivity contribution in [3.8, 4) is 5.75 Å². The van der Waals surface area contributed by atoms with E-state index in [1.54, 1.807) is 18.2 Å². The van der Waals surface area contributed by atoms with E-state index in [1.807, 2.05) is 0 Å². The molecule has 92 valence electrons. The Labute approximate surface area is 102 Å². The van der Waals surface area contributed by atoms with Crippen LogP contribution in [0.15, 0.2) is 46.1 Å². The molecule has 0 radical (unpaired) electrons. The van der Waals surface area contributed by atoms with Gasteiger partial charge in [-0.2, -0.15) is 0 Å². The summed E-state index contributed by atoms with van der Waals surface area (Å²) in [4.78, 5) is 22.0. The largest absolute Gasteiger partial charge is 0.545 e. The van der Waals surface area contributed by atoms with Crippen LogP contribution < -0.4 is 15.5 Å². The summed E-state index contributed by atoms with van der Waals surface area (Å²) in [6.07, 6.45) is 1.58. The number of carbonyl (C=O) groups is 1. The van der Waals surface area contributed by atoms with Crippen molar-refractivity contribution in [2.24, 2.45) is 0 Å². The quantitative estimate of drug-likeness (QED) is 0.585. The minimum absolute atomic E-state index is 0.256. The molecule has 1 aromatic carbocycles. The van der Waals surface area contributed by atoms with Gasteiger partial charge in [-0.3, -0.25) is 0 Å². The molecule has 0 saturated heterocycles. The van der Waals surface area contributed by atoms with Crippen molar-refractivity contribution in [2.75, 3.05) is 6.61 Å². The Morgan fingerprint density at radius 3 is 2.89 bits per heavy atom. The zero-order valence-electron chi connectivity index (χ0n) is 9.34. The van der Waals surface area contributed by atoms with Crippen molar-refractivity contribution in [1.29, 1.82) is 0 Å². The lowest BCUT2D eigenvalue weighted by Crippen LogP contribution is -2.28. The number of benzene rings is 1. The minimum Gasteiger partial charge on any atom is -0.545 e. The Kier molecular flexibility index (Phi) is 3.14. The lowest BCUT2D eigenvalue weighted by molar-refractivity contribution is -0.255. The van der Waals surface area contributed by atoms with E-state index in [1.165, 1.54) is 12.1 Å². The maximum atomic E-state index is 11.4. The molecule has 1 aromatic heterocycles. The molecule has 0 aliphatic heterocycles. The van der Waals surface area contributed by atoms with Gasteiger partial charge in [0.05, 0.1) is 11.5 Å². The van der Waals surface area contributed by atoms with Gasteiger partial charge in [0.1, 0.15) is 17.9 Å². The lowest BCUT2D eigenvalue weighted by atomic mass is 10.2. The van der Waals surface area contributed by atoms with Crippen molar-refractivity contribution in [2.45, 2.75) is 0 Å². The third kappa shape index (κ3) is 2.24. The Morgan fingerprint density at radius 1 is 1.44 bits per heavy atom. The molecule has 0 unspecified atom stereocenters. The van der Waals surface area contributed by atoms with Gasteiger partial charge in [0, 0.05) is 11.5 Å². The van der Waals surface area contributed by atoms with Gasteiger partial charge in [-0.15, -0.1) is 0 Å². The monoisotopic (exact) mass is 245 g/mol. The predicted molar refractivity (Wildman–Crippen MR) is 62.5 cm³/mol. The average molecular weight is 245 g/mol. The van der Waals surface area contributed by atoms with Crippen LogP contribution in [0.1, 0.15) is 10.4 Å². The number of ether oxygens (including phenoxy) is 1. The van der Waals surface area contributed by atoms with Crippen LogP contribution >= 0.6 is 0 Å². The number of carboxylic acids is 1. The van der Waals surface area contributed by atoms with Crippen LogP contribution in [0.5, 0.6) is 5.75 Å². The van der Waals surface area contributed by atoms with Crippen molar-refractivity contribution < 1.29 is 19.1 Å². The van der Waals surface area contributed by atoms with Gasteiger partial charge in [0.2, 0.25) is 0 Å². The highest BCUT2D eigenvalue weighted by atomic mass is 16.5. The van der Waals surface area contributed by atoms with Gasteiger partial charge in [0.15, 0.2) is 0 Å². The molecule has 5 heteroatoms. The Morgan fingerprint density at radius 2 is 2.22 bits per heavy atom. The summed E-state index contributed by atoms with van der Waals surface area (Å²) in [6, 6.07) is 5.97. The first-order chi connectivity index (χ1) is 8.61. The highest BCUT2D eigenvalue weighted by Gasteiger charge is 2.07. The van der Waals surface area contributed by atoms with Crippen molar-refractivity contribution >= 4 is 16.9 Å². The fourth-order valence-corrected chi connectivity index (χ4v) is 1.48. The second-order valence-corrected chi connectivity index (χ2v) is 3.53. The summed E-state index contributed by atoms with van der Waals surface area (Å²) < 4.78 is 10.2.